The first-order valence-electron chi connectivity index (χ1n) is 10.8. The summed E-state index contributed by atoms with van der Waals surface area (Å²) in [5.74, 6) is 1.60. The van der Waals surface area contributed by atoms with Gasteiger partial charge in [0.05, 0.1) is 18.8 Å². The van der Waals surface area contributed by atoms with Gasteiger partial charge in [-0.05, 0) is 55.4 Å². The summed E-state index contributed by atoms with van der Waals surface area (Å²) in [6.07, 6.45) is 9.22. The number of carbonyl (C=O) groups excluding carboxylic acids is 1. The molecule has 0 bridgehead atoms. The molecule has 0 radical (unpaired) electrons. The highest BCUT2D eigenvalue weighted by Gasteiger charge is 2.41. The van der Waals surface area contributed by atoms with Gasteiger partial charge in [-0.25, -0.2) is 9.97 Å². The number of nitrogens with zero attached hydrogens (tertiary/aromatic N) is 4. The maximum atomic E-state index is 13.1. The van der Waals surface area contributed by atoms with Crippen molar-refractivity contribution >= 4 is 11.9 Å². The SMILES string of the molecule is O=C(c1ccc(C2CCC2)cc1)N1CCOC2(CCN(c3ncccn3)CC2)C1. The van der Waals surface area contributed by atoms with Gasteiger partial charge in [-0.15, -0.1) is 0 Å². The third kappa shape index (κ3) is 3.73. The van der Waals surface area contributed by atoms with E-state index in [9.17, 15) is 4.79 Å². The van der Waals surface area contributed by atoms with Crippen LogP contribution in [0.3, 0.4) is 0 Å². The lowest BCUT2D eigenvalue weighted by atomic mass is 9.80. The fourth-order valence-electron chi connectivity index (χ4n) is 4.71. The Hall–Kier alpha value is -2.47. The van der Waals surface area contributed by atoms with E-state index >= 15 is 0 Å². The molecule has 3 aliphatic rings. The molecule has 2 saturated heterocycles. The van der Waals surface area contributed by atoms with Crippen molar-refractivity contribution in [3.8, 4) is 0 Å². The van der Waals surface area contributed by atoms with Gasteiger partial charge in [-0.2, -0.15) is 0 Å². The number of morpholine rings is 1. The molecule has 6 heteroatoms. The summed E-state index contributed by atoms with van der Waals surface area (Å²) in [4.78, 5) is 26.0. The molecule has 0 N–H and O–H groups in total. The molecule has 0 unspecified atom stereocenters. The molecule has 3 fully saturated rings. The van der Waals surface area contributed by atoms with Crippen LogP contribution >= 0.6 is 0 Å². The lowest BCUT2D eigenvalue weighted by Crippen LogP contribution is -2.58. The van der Waals surface area contributed by atoms with Crippen LogP contribution in [0.15, 0.2) is 42.7 Å². The third-order valence-electron chi connectivity index (χ3n) is 6.78. The zero-order valence-electron chi connectivity index (χ0n) is 16.8. The van der Waals surface area contributed by atoms with Crippen LogP contribution in [0.5, 0.6) is 0 Å². The van der Waals surface area contributed by atoms with Crippen LogP contribution in [0, 0.1) is 0 Å². The number of piperidine rings is 1. The number of rotatable bonds is 3. The van der Waals surface area contributed by atoms with Crippen molar-refractivity contribution in [2.45, 2.75) is 43.6 Å². The number of amides is 1. The Morgan fingerprint density at radius 1 is 1.03 bits per heavy atom. The van der Waals surface area contributed by atoms with Gasteiger partial charge in [0.15, 0.2) is 0 Å². The van der Waals surface area contributed by atoms with Gasteiger partial charge in [-0.3, -0.25) is 4.79 Å². The van der Waals surface area contributed by atoms with Crippen molar-refractivity contribution in [3.05, 3.63) is 53.9 Å². The number of benzene rings is 1. The van der Waals surface area contributed by atoms with E-state index in [1.54, 1.807) is 12.4 Å². The van der Waals surface area contributed by atoms with Gasteiger partial charge in [-0.1, -0.05) is 18.6 Å². The van der Waals surface area contributed by atoms with E-state index < -0.39 is 0 Å². The smallest absolute Gasteiger partial charge is 0.254 e. The zero-order valence-corrected chi connectivity index (χ0v) is 16.8. The summed E-state index contributed by atoms with van der Waals surface area (Å²) < 4.78 is 6.22. The largest absolute Gasteiger partial charge is 0.371 e. The van der Waals surface area contributed by atoms with E-state index in [0.717, 1.165) is 37.4 Å². The highest BCUT2D eigenvalue weighted by Crippen LogP contribution is 2.36. The third-order valence-corrected chi connectivity index (χ3v) is 6.78. The van der Waals surface area contributed by atoms with Crippen molar-refractivity contribution < 1.29 is 9.53 Å². The van der Waals surface area contributed by atoms with Crippen LogP contribution in [0.2, 0.25) is 0 Å². The molecule has 3 heterocycles. The van der Waals surface area contributed by atoms with E-state index in [2.05, 4.69) is 27.0 Å². The minimum atomic E-state index is -0.245. The number of hydrogen-bond acceptors (Lipinski definition) is 5. The quantitative estimate of drug-likeness (QED) is 0.803. The molecule has 1 amide bonds. The van der Waals surface area contributed by atoms with E-state index in [4.69, 9.17) is 4.74 Å². The summed E-state index contributed by atoms with van der Waals surface area (Å²) in [7, 11) is 0. The Balaban J connectivity index is 1.23. The second-order valence-corrected chi connectivity index (χ2v) is 8.54. The van der Waals surface area contributed by atoms with Gasteiger partial charge in [0.25, 0.3) is 5.91 Å². The topological polar surface area (TPSA) is 58.6 Å². The molecule has 29 heavy (non-hydrogen) atoms. The van der Waals surface area contributed by atoms with Crippen molar-refractivity contribution in [2.75, 3.05) is 37.7 Å². The summed E-state index contributed by atoms with van der Waals surface area (Å²) in [5.41, 5.74) is 1.92. The lowest BCUT2D eigenvalue weighted by molar-refractivity contribution is -0.111. The summed E-state index contributed by atoms with van der Waals surface area (Å²) in [6.45, 7) is 3.63. The van der Waals surface area contributed by atoms with Gasteiger partial charge in [0.2, 0.25) is 5.95 Å². The molecule has 1 aliphatic carbocycles. The first-order valence-corrected chi connectivity index (χ1v) is 10.8. The van der Waals surface area contributed by atoms with E-state index in [-0.39, 0.29) is 11.5 Å². The summed E-state index contributed by atoms with van der Waals surface area (Å²) in [5, 5.41) is 0. The van der Waals surface area contributed by atoms with Crippen molar-refractivity contribution in [3.63, 3.8) is 0 Å². The predicted octanol–water partition coefficient (Wildman–Crippen LogP) is 3.26. The van der Waals surface area contributed by atoms with Crippen molar-refractivity contribution in [1.29, 1.82) is 0 Å². The van der Waals surface area contributed by atoms with Gasteiger partial charge in [0, 0.05) is 37.6 Å². The maximum absolute atomic E-state index is 13.1. The molecule has 1 saturated carbocycles. The standard InChI is InChI=1S/C23H28N4O2/c28-21(20-7-5-19(6-8-20)18-3-1-4-18)27-15-16-29-23(17-27)9-13-26(14-10-23)22-24-11-2-12-25-22/h2,5-8,11-12,18H,1,3-4,9-10,13-17H2. The van der Waals surface area contributed by atoms with Crippen LogP contribution in [-0.2, 0) is 4.74 Å². The molecule has 152 valence electrons. The molecular weight excluding hydrogens is 364 g/mol. The Kier molecular flexibility index (Phi) is 4.96. The van der Waals surface area contributed by atoms with Crippen LogP contribution in [0.1, 0.15) is 53.9 Å². The fraction of sp³-hybridized carbons (Fsp3) is 0.522. The molecule has 0 atom stereocenters. The number of hydrogen-bond donors (Lipinski definition) is 0. The molecule has 1 aromatic carbocycles. The van der Waals surface area contributed by atoms with E-state index in [0.29, 0.717) is 25.6 Å². The van der Waals surface area contributed by atoms with Crippen LogP contribution in [-0.4, -0.2) is 59.2 Å². The molecule has 2 aromatic rings. The van der Waals surface area contributed by atoms with Crippen LogP contribution in [0.25, 0.3) is 0 Å². The van der Waals surface area contributed by atoms with E-state index in [1.807, 2.05) is 23.1 Å². The number of carbonyl (C=O) groups is 1. The van der Waals surface area contributed by atoms with E-state index in [1.165, 1.54) is 24.8 Å². The first kappa shape index (κ1) is 18.6. The van der Waals surface area contributed by atoms with Gasteiger partial charge in [0.1, 0.15) is 0 Å². The number of aromatic nitrogens is 2. The minimum Gasteiger partial charge on any atom is -0.371 e. The summed E-state index contributed by atoms with van der Waals surface area (Å²) in [6, 6.07) is 10.1. The normalized spacial score (nSPS) is 21.8. The molecule has 1 aromatic heterocycles. The number of ether oxygens (including phenoxy) is 1. The second kappa shape index (κ2) is 7.75. The van der Waals surface area contributed by atoms with Crippen LogP contribution < -0.4 is 4.90 Å². The average molecular weight is 393 g/mol. The Morgan fingerprint density at radius 2 is 1.76 bits per heavy atom. The fourth-order valence-corrected chi connectivity index (χ4v) is 4.71. The average Bonchev–Trinajstić information content (AvgIpc) is 2.74. The number of anilines is 1. The molecule has 1 spiro atoms. The van der Waals surface area contributed by atoms with Crippen molar-refractivity contribution in [2.24, 2.45) is 0 Å². The molecular formula is C23H28N4O2. The Bertz CT molecular complexity index is 843. The lowest BCUT2D eigenvalue weighted by Gasteiger charge is -2.47. The maximum Gasteiger partial charge on any atom is 0.254 e. The Morgan fingerprint density at radius 3 is 2.41 bits per heavy atom. The monoisotopic (exact) mass is 392 g/mol. The Labute approximate surface area is 171 Å². The van der Waals surface area contributed by atoms with Gasteiger partial charge < -0.3 is 14.5 Å². The second-order valence-electron chi connectivity index (χ2n) is 8.54. The van der Waals surface area contributed by atoms with Crippen LogP contribution in [0.4, 0.5) is 5.95 Å². The molecule has 6 nitrogen and oxygen atoms in total. The predicted molar refractivity (Wildman–Crippen MR) is 111 cm³/mol. The van der Waals surface area contributed by atoms with Crippen molar-refractivity contribution in [1.82, 2.24) is 14.9 Å². The minimum absolute atomic E-state index is 0.127. The zero-order chi connectivity index (χ0) is 19.7. The highest BCUT2D eigenvalue weighted by atomic mass is 16.5. The first-order chi connectivity index (χ1) is 14.2. The molecule has 2 aliphatic heterocycles. The molecule has 5 rings (SSSR count). The highest BCUT2D eigenvalue weighted by molar-refractivity contribution is 5.94. The summed E-state index contributed by atoms with van der Waals surface area (Å²) >= 11 is 0. The van der Waals surface area contributed by atoms with Gasteiger partial charge >= 0.3 is 0 Å².